The Hall–Kier alpha value is -2.38. The van der Waals surface area contributed by atoms with Gasteiger partial charge in [0, 0.05) is 23.6 Å². The van der Waals surface area contributed by atoms with E-state index in [0.717, 1.165) is 5.56 Å². The second-order valence-electron chi connectivity index (χ2n) is 6.66. The highest BCUT2D eigenvalue weighted by Gasteiger charge is 2.25. The van der Waals surface area contributed by atoms with Crippen LogP contribution in [0, 0.1) is 12.8 Å². The first-order valence-electron chi connectivity index (χ1n) is 8.50. The molecule has 0 saturated carbocycles. The Kier molecular flexibility index (Phi) is 5.53. The number of rotatable bonds is 5. The number of hydrogen-bond donors (Lipinski definition) is 2. The molecule has 3 rings (SSSR count). The number of amides is 1. The fraction of sp³-hybridized carbons (Fsp3) is 0.263. The smallest absolute Gasteiger partial charge is 0.286 e. The second-order valence-corrected chi connectivity index (χ2v) is 8.64. The van der Waals surface area contributed by atoms with Crippen LogP contribution in [0.2, 0.25) is 5.02 Å². The Morgan fingerprint density at radius 1 is 1.26 bits per heavy atom. The predicted molar refractivity (Wildman–Crippen MR) is 108 cm³/mol. The minimum atomic E-state index is -3.71. The molecular weight excluding hydrogens is 386 g/mol. The third-order valence-electron chi connectivity index (χ3n) is 4.21. The molecular formula is C19H20ClN3O3S. The van der Waals surface area contributed by atoms with Gasteiger partial charge >= 0.3 is 0 Å². The summed E-state index contributed by atoms with van der Waals surface area (Å²) in [5, 5.41) is 6.44. The normalized spacial score (nSPS) is 15.9. The number of anilines is 2. The first kappa shape index (κ1) is 19.4. The number of para-hydroxylation sites is 1. The molecule has 0 unspecified atom stereocenters. The molecule has 2 aromatic rings. The van der Waals surface area contributed by atoms with E-state index >= 15 is 0 Å². The van der Waals surface area contributed by atoms with Crippen molar-refractivity contribution < 1.29 is 13.2 Å². The molecule has 0 aromatic heterocycles. The molecule has 0 fully saturated rings. The maximum atomic E-state index is 12.3. The lowest BCUT2D eigenvalue weighted by atomic mass is 10.0. The maximum absolute atomic E-state index is 12.3. The van der Waals surface area contributed by atoms with Crippen molar-refractivity contribution in [1.82, 2.24) is 0 Å². The van der Waals surface area contributed by atoms with E-state index in [2.05, 4.69) is 15.0 Å². The van der Waals surface area contributed by atoms with Crippen LogP contribution in [-0.4, -0.2) is 20.2 Å². The minimum Gasteiger partial charge on any atom is -0.342 e. The highest BCUT2D eigenvalue weighted by atomic mass is 35.5. The van der Waals surface area contributed by atoms with Gasteiger partial charge in [0.25, 0.3) is 10.0 Å². The Morgan fingerprint density at radius 3 is 2.74 bits per heavy atom. The number of halogens is 1. The number of amidine groups is 1. The molecule has 2 aromatic carbocycles. The van der Waals surface area contributed by atoms with E-state index in [1.54, 1.807) is 30.3 Å². The van der Waals surface area contributed by atoms with Crippen molar-refractivity contribution >= 4 is 44.7 Å². The van der Waals surface area contributed by atoms with Crippen LogP contribution in [0.1, 0.15) is 25.3 Å². The summed E-state index contributed by atoms with van der Waals surface area (Å²) in [6.07, 6.45) is 0.573. The fourth-order valence-electron chi connectivity index (χ4n) is 2.86. The van der Waals surface area contributed by atoms with Crippen LogP contribution >= 0.6 is 11.6 Å². The number of nitrogens with one attached hydrogen (secondary N) is 2. The topological polar surface area (TPSA) is 87.6 Å². The number of sulfonamides is 1. The number of aryl methyl sites for hydroxylation is 1. The van der Waals surface area contributed by atoms with Crippen LogP contribution in [-0.2, 0) is 14.8 Å². The van der Waals surface area contributed by atoms with Crippen molar-refractivity contribution in [3.8, 4) is 0 Å². The molecule has 0 aliphatic carbocycles. The van der Waals surface area contributed by atoms with Crippen molar-refractivity contribution in [3.63, 3.8) is 0 Å². The predicted octanol–water partition coefficient (Wildman–Crippen LogP) is 4.22. The van der Waals surface area contributed by atoms with Gasteiger partial charge in [0.1, 0.15) is 10.7 Å². The molecule has 0 bridgehead atoms. The monoisotopic (exact) mass is 405 g/mol. The van der Waals surface area contributed by atoms with Crippen LogP contribution in [0.15, 0.2) is 51.8 Å². The van der Waals surface area contributed by atoms with E-state index in [-0.39, 0.29) is 23.1 Å². The molecule has 0 saturated heterocycles. The molecule has 8 heteroatoms. The first-order chi connectivity index (χ1) is 12.7. The fourth-order valence-corrected chi connectivity index (χ4v) is 4.19. The first-order valence-corrected chi connectivity index (χ1v) is 10.3. The average Bonchev–Trinajstić information content (AvgIpc) is 2.57. The second kappa shape index (κ2) is 7.70. The molecule has 0 spiro atoms. The van der Waals surface area contributed by atoms with E-state index in [1.165, 1.54) is 6.07 Å². The Bertz CT molecular complexity index is 1020. The van der Waals surface area contributed by atoms with Crippen LogP contribution in [0.4, 0.5) is 11.4 Å². The van der Waals surface area contributed by atoms with E-state index in [1.807, 2.05) is 19.9 Å². The van der Waals surface area contributed by atoms with Crippen LogP contribution in [0.5, 0.6) is 0 Å². The number of benzene rings is 2. The zero-order chi connectivity index (χ0) is 19.6. The molecule has 2 N–H and O–H groups in total. The van der Waals surface area contributed by atoms with Crippen LogP contribution in [0.3, 0.4) is 0 Å². The highest BCUT2D eigenvalue weighted by molar-refractivity contribution is 7.90. The number of fused-ring (bicyclic) bond motifs is 1. The van der Waals surface area contributed by atoms with Gasteiger partial charge in [-0.2, -0.15) is 8.42 Å². The van der Waals surface area contributed by atoms with Crippen molar-refractivity contribution in [1.29, 1.82) is 0 Å². The van der Waals surface area contributed by atoms with E-state index in [9.17, 15) is 13.2 Å². The van der Waals surface area contributed by atoms with Crippen LogP contribution < -0.4 is 10.6 Å². The Morgan fingerprint density at radius 2 is 2.00 bits per heavy atom. The van der Waals surface area contributed by atoms with Gasteiger partial charge in [-0.1, -0.05) is 36.7 Å². The maximum Gasteiger partial charge on any atom is 0.286 e. The Labute approximate surface area is 163 Å². The van der Waals surface area contributed by atoms with Gasteiger partial charge in [-0.3, -0.25) is 4.79 Å². The van der Waals surface area contributed by atoms with Gasteiger partial charge in [0.15, 0.2) is 0 Å². The SMILES string of the molecule is Cc1ccc(NC(=O)C[C@@H](C)CC2=NS(=O)(=O)c3ccccc3N2)cc1Cl. The lowest BCUT2D eigenvalue weighted by Gasteiger charge is -2.20. The molecule has 1 aliphatic heterocycles. The zero-order valence-electron chi connectivity index (χ0n) is 15.0. The van der Waals surface area contributed by atoms with Crippen molar-refractivity contribution in [3.05, 3.63) is 53.1 Å². The highest BCUT2D eigenvalue weighted by Crippen LogP contribution is 2.28. The zero-order valence-corrected chi connectivity index (χ0v) is 16.6. The summed E-state index contributed by atoms with van der Waals surface area (Å²) in [5.74, 6) is 0.0760. The summed E-state index contributed by atoms with van der Waals surface area (Å²) in [6.45, 7) is 3.76. The molecule has 142 valence electrons. The summed E-state index contributed by atoms with van der Waals surface area (Å²) in [6, 6.07) is 12.0. The summed E-state index contributed by atoms with van der Waals surface area (Å²) < 4.78 is 28.4. The molecule has 1 amide bonds. The molecule has 27 heavy (non-hydrogen) atoms. The lowest BCUT2D eigenvalue weighted by Crippen LogP contribution is -2.25. The van der Waals surface area contributed by atoms with Gasteiger partial charge in [0.05, 0.1) is 5.69 Å². The number of carbonyl (C=O) groups excluding carboxylic acids is 1. The summed E-state index contributed by atoms with van der Waals surface area (Å²) >= 11 is 6.07. The summed E-state index contributed by atoms with van der Waals surface area (Å²) in [7, 11) is -3.71. The van der Waals surface area contributed by atoms with Gasteiger partial charge in [-0.25, -0.2) is 0 Å². The van der Waals surface area contributed by atoms with Crippen LogP contribution in [0.25, 0.3) is 0 Å². The van der Waals surface area contributed by atoms with E-state index in [4.69, 9.17) is 11.6 Å². The van der Waals surface area contributed by atoms with Gasteiger partial charge in [-0.15, -0.1) is 4.40 Å². The minimum absolute atomic E-state index is 0.0994. The standard InChI is InChI=1S/C19H20ClN3O3S/c1-12(10-19(24)21-14-8-7-13(2)15(20)11-14)9-18-22-16-5-3-4-6-17(16)27(25,26)23-18/h3-8,11-12H,9-10H2,1-2H3,(H,21,24)(H,22,23)/t12-/m0/s1. The third kappa shape index (κ3) is 4.67. The molecule has 1 atom stereocenters. The van der Waals surface area contributed by atoms with E-state index < -0.39 is 10.0 Å². The number of carbonyl (C=O) groups is 1. The number of nitrogens with zero attached hydrogens (tertiary/aromatic N) is 1. The summed E-state index contributed by atoms with van der Waals surface area (Å²) in [5.41, 5.74) is 2.08. The van der Waals surface area contributed by atoms with Crippen molar-refractivity contribution in [2.75, 3.05) is 10.6 Å². The average molecular weight is 406 g/mol. The number of hydrogen-bond acceptors (Lipinski definition) is 4. The third-order valence-corrected chi connectivity index (χ3v) is 5.99. The summed E-state index contributed by atoms with van der Waals surface area (Å²) in [4.78, 5) is 12.4. The van der Waals surface area contributed by atoms with Crippen molar-refractivity contribution in [2.45, 2.75) is 31.6 Å². The molecule has 1 heterocycles. The largest absolute Gasteiger partial charge is 0.342 e. The Balaban J connectivity index is 1.62. The van der Waals surface area contributed by atoms with E-state index in [0.29, 0.717) is 28.7 Å². The van der Waals surface area contributed by atoms with Crippen molar-refractivity contribution in [2.24, 2.45) is 10.3 Å². The molecule has 1 aliphatic rings. The molecule has 6 nitrogen and oxygen atoms in total. The quantitative estimate of drug-likeness (QED) is 0.779. The van der Waals surface area contributed by atoms with Gasteiger partial charge in [-0.05, 0) is 42.7 Å². The van der Waals surface area contributed by atoms with Gasteiger partial charge < -0.3 is 10.6 Å². The molecule has 0 radical (unpaired) electrons. The van der Waals surface area contributed by atoms with Gasteiger partial charge in [0.2, 0.25) is 5.91 Å². The lowest BCUT2D eigenvalue weighted by molar-refractivity contribution is -0.116.